The topological polar surface area (TPSA) is 47.0 Å². The van der Waals surface area contributed by atoms with Crippen molar-refractivity contribution < 1.29 is 4.74 Å². The van der Waals surface area contributed by atoms with Crippen molar-refractivity contribution in [3.8, 4) is 0 Å². The Balaban J connectivity index is 1.83. The Morgan fingerprint density at radius 1 is 1.60 bits per heavy atom. The first-order valence-electron chi connectivity index (χ1n) is 5.20. The van der Waals surface area contributed by atoms with Gasteiger partial charge in [0.2, 0.25) is 5.13 Å². The summed E-state index contributed by atoms with van der Waals surface area (Å²) in [6.07, 6.45) is 2.24. The highest BCUT2D eigenvalue weighted by molar-refractivity contribution is 8.01. The SMILES string of the molecule is CCCNc1nnc(S[C@H]2CCOC2)s1. The van der Waals surface area contributed by atoms with E-state index in [-0.39, 0.29) is 0 Å². The van der Waals surface area contributed by atoms with Crippen molar-refractivity contribution in [2.75, 3.05) is 25.1 Å². The predicted octanol–water partition coefficient (Wildman–Crippen LogP) is 2.24. The Kier molecular flexibility index (Phi) is 4.22. The van der Waals surface area contributed by atoms with Gasteiger partial charge in [-0.3, -0.25) is 0 Å². The molecule has 0 amide bonds. The highest BCUT2D eigenvalue weighted by Gasteiger charge is 2.18. The average molecular weight is 245 g/mol. The quantitative estimate of drug-likeness (QED) is 0.862. The van der Waals surface area contributed by atoms with Crippen LogP contribution < -0.4 is 5.32 Å². The van der Waals surface area contributed by atoms with Crippen molar-refractivity contribution >= 4 is 28.2 Å². The minimum atomic E-state index is 0.567. The van der Waals surface area contributed by atoms with Crippen LogP contribution in [0.4, 0.5) is 5.13 Å². The van der Waals surface area contributed by atoms with Crippen LogP contribution in [0.15, 0.2) is 4.34 Å². The standard InChI is InChI=1S/C9H15N3OS2/c1-2-4-10-8-11-12-9(15-8)14-7-3-5-13-6-7/h7H,2-6H2,1H3,(H,10,11)/t7-/m0/s1. The zero-order valence-electron chi connectivity index (χ0n) is 8.73. The maximum absolute atomic E-state index is 5.32. The molecule has 1 saturated heterocycles. The van der Waals surface area contributed by atoms with E-state index in [0.717, 1.165) is 42.1 Å². The minimum Gasteiger partial charge on any atom is -0.380 e. The first-order chi connectivity index (χ1) is 7.38. The maximum Gasteiger partial charge on any atom is 0.206 e. The number of nitrogens with one attached hydrogen (secondary N) is 1. The molecule has 0 saturated carbocycles. The second kappa shape index (κ2) is 5.67. The molecule has 6 heteroatoms. The zero-order chi connectivity index (χ0) is 10.5. The van der Waals surface area contributed by atoms with Gasteiger partial charge in [0.15, 0.2) is 4.34 Å². The summed E-state index contributed by atoms with van der Waals surface area (Å²) in [5, 5.41) is 13.0. The lowest BCUT2D eigenvalue weighted by Crippen LogP contribution is -1.99. The lowest BCUT2D eigenvalue weighted by Gasteiger charge is -2.01. The van der Waals surface area contributed by atoms with Crippen LogP contribution in [-0.4, -0.2) is 35.2 Å². The summed E-state index contributed by atoms with van der Waals surface area (Å²) in [5.41, 5.74) is 0. The predicted molar refractivity (Wildman–Crippen MR) is 63.8 cm³/mol. The van der Waals surface area contributed by atoms with Crippen LogP contribution in [0.1, 0.15) is 19.8 Å². The van der Waals surface area contributed by atoms with Crippen LogP contribution in [0.2, 0.25) is 0 Å². The number of thioether (sulfide) groups is 1. The van der Waals surface area contributed by atoms with Crippen LogP contribution in [0.3, 0.4) is 0 Å². The molecule has 0 spiro atoms. The Morgan fingerprint density at radius 3 is 3.27 bits per heavy atom. The van der Waals surface area contributed by atoms with Gasteiger partial charge in [0.05, 0.1) is 6.61 Å². The van der Waals surface area contributed by atoms with Crippen LogP contribution in [0.25, 0.3) is 0 Å². The molecule has 15 heavy (non-hydrogen) atoms. The van der Waals surface area contributed by atoms with Crippen LogP contribution in [-0.2, 0) is 4.74 Å². The summed E-state index contributed by atoms with van der Waals surface area (Å²) in [6.45, 7) is 4.84. The van der Waals surface area contributed by atoms with Crippen molar-refractivity contribution in [2.45, 2.75) is 29.4 Å². The molecule has 1 aromatic heterocycles. The Bertz CT molecular complexity index is 299. The normalized spacial score (nSPS) is 20.7. The van der Waals surface area contributed by atoms with Crippen LogP contribution in [0.5, 0.6) is 0 Å². The van der Waals surface area contributed by atoms with Gasteiger partial charge in [0.25, 0.3) is 0 Å². The molecule has 1 fully saturated rings. The molecule has 1 aliphatic rings. The fraction of sp³-hybridized carbons (Fsp3) is 0.778. The van der Waals surface area contributed by atoms with E-state index in [4.69, 9.17) is 4.74 Å². The molecule has 0 unspecified atom stereocenters. The monoisotopic (exact) mass is 245 g/mol. The lowest BCUT2D eigenvalue weighted by molar-refractivity contribution is 0.199. The van der Waals surface area contributed by atoms with E-state index >= 15 is 0 Å². The van der Waals surface area contributed by atoms with Crippen LogP contribution >= 0.6 is 23.1 Å². The molecule has 1 atom stereocenters. The van der Waals surface area contributed by atoms with E-state index in [0.29, 0.717) is 5.25 Å². The first kappa shape index (κ1) is 11.2. The molecule has 0 bridgehead atoms. The fourth-order valence-electron chi connectivity index (χ4n) is 1.31. The maximum atomic E-state index is 5.32. The molecule has 1 aromatic rings. The molecule has 84 valence electrons. The number of ether oxygens (including phenoxy) is 1. The molecule has 1 aliphatic heterocycles. The third-order valence-electron chi connectivity index (χ3n) is 2.09. The summed E-state index contributed by atoms with van der Waals surface area (Å²) in [5.74, 6) is 0. The van der Waals surface area contributed by atoms with E-state index in [1.54, 1.807) is 23.1 Å². The van der Waals surface area contributed by atoms with Crippen molar-refractivity contribution in [3.05, 3.63) is 0 Å². The highest BCUT2D eigenvalue weighted by atomic mass is 32.2. The Hall–Kier alpha value is -0.330. The van der Waals surface area contributed by atoms with Gasteiger partial charge in [-0.15, -0.1) is 10.2 Å². The third-order valence-corrected chi connectivity index (χ3v) is 4.29. The molecule has 0 aliphatic carbocycles. The number of anilines is 1. The van der Waals surface area contributed by atoms with Gasteiger partial charge in [-0.25, -0.2) is 0 Å². The van der Waals surface area contributed by atoms with Crippen molar-refractivity contribution in [3.63, 3.8) is 0 Å². The van der Waals surface area contributed by atoms with Crippen molar-refractivity contribution in [1.82, 2.24) is 10.2 Å². The summed E-state index contributed by atoms with van der Waals surface area (Å²) >= 11 is 3.42. The minimum absolute atomic E-state index is 0.567. The van der Waals surface area contributed by atoms with Gasteiger partial charge >= 0.3 is 0 Å². The molecule has 2 rings (SSSR count). The highest BCUT2D eigenvalue weighted by Crippen LogP contribution is 2.32. The summed E-state index contributed by atoms with van der Waals surface area (Å²) in [7, 11) is 0. The summed E-state index contributed by atoms with van der Waals surface area (Å²) < 4.78 is 6.37. The second-order valence-electron chi connectivity index (χ2n) is 3.40. The molecule has 2 heterocycles. The molecular weight excluding hydrogens is 230 g/mol. The van der Waals surface area contributed by atoms with Gasteiger partial charge in [-0.1, -0.05) is 30.0 Å². The van der Waals surface area contributed by atoms with Crippen LogP contribution in [0, 0.1) is 0 Å². The molecular formula is C9H15N3OS2. The fourth-order valence-corrected chi connectivity index (χ4v) is 3.40. The second-order valence-corrected chi connectivity index (χ2v) is 5.93. The lowest BCUT2D eigenvalue weighted by atomic mass is 10.4. The van der Waals surface area contributed by atoms with E-state index in [1.807, 2.05) is 0 Å². The third kappa shape index (κ3) is 3.32. The van der Waals surface area contributed by atoms with E-state index in [2.05, 4.69) is 22.4 Å². The zero-order valence-corrected chi connectivity index (χ0v) is 10.4. The van der Waals surface area contributed by atoms with Crippen molar-refractivity contribution in [1.29, 1.82) is 0 Å². The number of hydrogen-bond donors (Lipinski definition) is 1. The van der Waals surface area contributed by atoms with Gasteiger partial charge in [-0.05, 0) is 12.8 Å². The Labute approximate surface area is 97.8 Å². The van der Waals surface area contributed by atoms with E-state index in [1.165, 1.54) is 0 Å². The number of rotatable bonds is 5. The van der Waals surface area contributed by atoms with E-state index in [9.17, 15) is 0 Å². The number of nitrogens with zero attached hydrogens (tertiary/aromatic N) is 2. The number of aromatic nitrogens is 2. The van der Waals surface area contributed by atoms with Gasteiger partial charge in [0.1, 0.15) is 0 Å². The first-order valence-corrected chi connectivity index (χ1v) is 6.90. The van der Waals surface area contributed by atoms with Gasteiger partial charge in [-0.2, -0.15) is 0 Å². The molecule has 0 aromatic carbocycles. The Morgan fingerprint density at radius 2 is 2.53 bits per heavy atom. The van der Waals surface area contributed by atoms with Crippen molar-refractivity contribution in [2.24, 2.45) is 0 Å². The largest absolute Gasteiger partial charge is 0.380 e. The number of hydrogen-bond acceptors (Lipinski definition) is 6. The molecule has 1 N–H and O–H groups in total. The summed E-state index contributed by atoms with van der Waals surface area (Å²) in [6, 6.07) is 0. The summed E-state index contributed by atoms with van der Waals surface area (Å²) in [4.78, 5) is 0. The average Bonchev–Trinajstić information content (AvgIpc) is 2.87. The molecule has 4 nitrogen and oxygen atoms in total. The molecule has 0 radical (unpaired) electrons. The van der Waals surface area contributed by atoms with E-state index < -0.39 is 0 Å². The smallest absolute Gasteiger partial charge is 0.206 e. The van der Waals surface area contributed by atoms with Gasteiger partial charge < -0.3 is 10.1 Å². The van der Waals surface area contributed by atoms with Gasteiger partial charge in [0, 0.05) is 18.4 Å².